The summed E-state index contributed by atoms with van der Waals surface area (Å²) in [6.45, 7) is 2.64. The maximum absolute atomic E-state index is 10.8. The van der Waals surface area contributed by atoms with Gasteiger partial charge in [-0.1, -0.05) is 0 Å². The lowest BCUT2D eigenvalue weighted by molar-refractivity contribution is -0.384. The number of rotatable bonds is 8. The molecule has 0 radical (unpaired) electrons. The molecule has 1 heterocycles. The van der Waals surface area contributed by atoms with E-state index in [1.165, 1.54) is 29.0 Å². The van der Waals surface area contributed by atoms with Crippen molar-refractivity contribution in [2.75, 3.05) is 6.61 Å². The maximum Gasteiger partial charge on any atom is 0.269 e. The lowest BCUT2D eigenvalue weighted by Crippen LogP contribution is -2.00. The molecule has 0 amide bonds. The SMILES string of the molecule is CCOc1cc(C=Nc2sc3c(c2C#N)CCCC3)ccc1OCc1ccc([N+](=O)[O-])cc1. The number of aryl methyl sites for hydroxylation is 1. The number of nitriles is 1. The molecule has 1 aliphatic carbocycles. The van der Waals surface area contributed by atoms with Crippen LogP contribution in [0, 0.1) is 21.4 Å². The van der Waals surface area contributed by atoms with Gasteiger partial charge >= 0.3 is 0 Å². The van der Waals surface area contributed by atoms with E-state index in [1.54, 1.807) is 29.7 Å². The number of aliphatic imine (C=N–C) groups is 1. The van der Waals surface area contributed by atoms with Gasteiger partial charge in [0, 0.05) is 23.2 Å². The second-order valence-electron chi connectivity index (χ2n) is 7.61. The van der Waals surface area contributed by atoms with Gasteiger partial charge in [0.1, 0.15) is 17.7 Å². The van der Waals surface area contributed by atoms with Crippen molar-refractivity contribution in [3.8, 4) is 17.6 Å². The Morgan fingerprint density at radius 1 is 1.15 bits per heavy atom. The summed E-state index contributed by atoms with van der Waals surface area (Å²) in [6, 6.07) is 14.2. The first-order chi connectivity index (χ1) is 16.1. The Kier molecular flexibility index (Phi) is 7.01. The third-order valence-electron chi connectivity index (χ3n) is 5.40. The molecule has 0 saturated carbocycles. The molecule has 7 nitrogen and oxygen atoms in total. The first-order valence-corrected chi connectivity index (χ1v) is 11.6. The Balaban J connectivity index is 1.50. The molecule has 4 rings (SSSR count). The highest BCUT2D eigenvalue weighted by Crippen LogP contribution is 2.39. The molecule has 1 aliphatic rings. The fourth-order valence-electron chi connectivity index (χ4n) is 3.76. The van der Waals surface area contributed by atoms with Crippen molar-refractivity contribution >= 4 is 28.2 Å². The van der Waals surface area contributed by atoms with E-state index in [0.717, 1.165) is 35.4 Å². The summed E-state index contributed by atoms with van der Waals surface area (Å²) in [5.74, 6) is 1.17. The molecule has 168 valence electrons. The number of nitro benzene ring substituents is 1. The molecule has 3 aromatic rings. The van der Waals surface area contributed by atoms with Crippen LogP contribution in [0.25, 0.3) is 0 Å². The van der Waals surface area contributed by atoms with Crippen molar-refractivity contribution in [2.45, 2.75) is 39.2 Å². The molecular weight excluding hydrogens is 438 g/mol. The van der Waals surface area contributed by atoms with Gasteiger partial charge in [-0.3, -0.25) is 10.1 Å². The lowest BCUT2D eigenvalue weighted by Gasteiger charge is -2.12. The van der Waals surface area contributed by atoms with Crippen LogP contribution in [0.15, 0.2) is 47.5 Å². The van der Waals surface area contributed by atoms with Crippen LogP contribution in [-0.2, 0) is 19.4 Å². The standard InChI is InChI=1S/C25H23N3O4S/c1-2-31-23-13-18(15-27-25-21(14-26)20-5-3-4-6-24(20)33-25)9-12-22(23)32-16-17-7-10-19(11-8-17)28(29)30/h7-13,15H,2-6,16H2,1H3. The van der Waals surface area contributed by atoms with Crippen LogP contribution < -0.4 is 9.47 Å². The molecule has 0 unspecified atom stereocenters. The predicted molar refractivity (Wildman–Crippen MR) is 128 cm³/mol. The van der Waals surface area contributed by atoms with E-state index in [2.05, 4.69) is 11.1 Å². The van der Waals surface area contributed by atoms with Gasteiger partial charge in [0.15, 0.2) is 11.5 Å². The first-order valence-electron chi connectivity index (χ1n) is 10.8. The monoisotopic (exact) mass is 461 g/mol. The predicted octanol–water partition coefficient (Wildman–Crippen LogP) is 6.14. The molecule has 0 saturated heterocycles. The smallest absolute Gasteiger partial charge is 0.269 e. The summed E-state index contributed by atoms with van der Waals surface area (Å²) >= 11 is 1.61. The molecule has 0 atom stereocenters. The Bertz CT molecular complexity index is 1230. The quantitative estimate of drug-likeness (QED) is 0.228. The molecule has 1 aromatic heterocycles. The number of non-ortho nitro benzene ring substituents is 1. The summed E-state index contributed by atoms with van der Waals surface area (Å²) in [7, 11) is 0. The van der Waals surface area contributed by atoms with Crippen molar-refractivity contribution in [1.82, 2.24) is 0 Å². The molecule has 0 spiro atoms. The van der Waals surface area contributed by atoms with Gasteiger partial charge in [-0.25, -0.2) is 4.99 Å². The average molecular weight is 462 g/mol. The van der Waals surface area contributed by atoms with Gasteiger partial charge < -0.3 is 9.47 Å². The van der Waals surface area contributed by atoms with Gasteiger partial charge in [-0.2, -0.15) is 5.26 Å². The van der Waals surface area contributed by atoms with Crippen LogP contribution in [0.1, 0.15) is 46.9 Å². The zero-order valence-electron chi connectivity index (χ0n) is 18.2. The minimum absolute atomic E-state index is 0.0449. The molecular formula is C25H23N3O4S. The van der Waals surface area contributed by atoms with Crippen molar-refractivity contribution in [1.29, 1.82) is 5.26 Å². The highest BCUT2D eigenvalue weighted by Gasteiger charge is 2.20. The zero-order valence-corrected chi connectivity index (χ0v) is 19.1. The number of nitro groups is 1. The number of ether oxygens (including phenoxy) is 2. The Morgan fingerprint density at radius 2 is 1.94 bits per heavy atom. The third kappa shape index (κ3) is 5.21. The largest absolute Gasteiger partial charge is 0.490 e. The molecule has 2 aromatic carbocycles. The summed E-state index contributed by atoms with van der Waals surface area (Å²) in [5, 5.41) is 21.2. The Labute approximate surface area is 196 Å². The van der Waals surface area contributed by atoms with Gasteiger partial charge in [0.05, 0.1) is 17.1 Å². The summed E-state index contributed by atoms with van der Waals surface area (Å²) in [5.41, 5.74) is 3.59. The minimum atomic E-state index is -0.427. The van der Waals surface area contributed by atoms with Gasteiger partial charge in [-0.05, 0) is 79.6 Å². The second-order valence-corrected chi connectivity index (χ2v) is 8.70. The number of hydrogen-bond donors (Lipinski definition) is 0. The highest BCUT2D eigenvalue weighted by atomic mass is 32.1. The van der Waals surface area contributed by atoms with Crippen LogP contribution in [0.5, 0.6) is 11.5 Å². The average Bonchev–Trinajstić information content (AvgIpc) is 3.20. The highest BCUT2D eigenvalue weighted by molar-refractivity contribution is 7.16. The number of nitrogens with zero attached hydrogens (tertiary/aromatic N) is 3. The maximum atomic E-state index is 10.8. The minimum Gasteiger partial charge on any atom is -0.490 e. The third-order valence-corrected chi connectivity index (χ3v) is 6.60. The zero-order chi connectivity index (χ0) is 23.2. The molecule has 0 aliphatic heterocycles. The number of benzene rings is 2. The number of thiophene rings is 1. The van der Waals surface area contributed by atoms with Crippen LogP contribution in [-0.4, -0.2) is 17.7 Å². The van der Waals surface area contributed by atoms with Crippen molar-refractivity contribution in [3.05, 3.63) is 79.7 Å². The van der Waals surface area contributed by atoms with E-state index in [9.17, 15) is 15.4 Å². The Hall–Kier alpha value is -3.70. The van der Waals surface area contributed by atoms with Crippen LogP contribution in [0.2, 0.25) is 0 Å². The van der Waals surface area contributed by atoms with Crippen molar-refractivity contribution < 1.29 is 14.4 Å². The van der Waals surface area contributed by atoms with Crippen LogP contribution in [0.3, 0.4) is 0 Å². The lowest BCUT2D eigenvalue weighted by atomic mass is 9.96. The second kappa shape index (κ2) is 10.3. The van der Waals surface area contributed by atoms with E-state index < -0.39 is 4.92 Å². The number of fused-ring (bicyclic) bond motifs is 1. The fraction of sp³-hybridized carbons (Fsp3) is 0.280. The molecule has 0 fully saturated rings. The van der Waals surface area contributed by atoms with Gasteiger partial charge in [0.25, 0.3) is 5.69 Å². The van der Waals surface area contributed by atoms with Gasteiger partial charge in [-0.15, -0.1) is 11.3 Å². The molecule has 33 heavy (non-hydrogen) atoms. The van der Waals surface area contributed by atoms with Gasteiger partial charge in [0.2, 0.25) is 0 Å². The van der Waals surface area contributed by atoms with Crippen molar-refractivity contribution in [3.63, 3.8) is 0 Å². The summed E-state index contributed by atoms with van der Waals surface area (Å²) in [6.07, 6.45) is 6.03. The number of hydrogen-bond acceptors (Lipinski definition) is 7. The topological polar surface area (TPSA) is 97.8 Å². The van der Waals surface area contributed by atoms with Crippen LogP contribution >= 0.6 is 11.3 Å². The van der Waals surface area contributed by atoms with E-state index in [0.29, 0.717) is 23.7 Å². The molecule has 8 heteroatoms. The Morgan fingerprint density at radius 3 is 2.67 bits per heavy atom. The molecule has 0 N–H and O–H groups in total. The summed E-state index contributed by atoms with van der Waals surface area (Å²) in [4.78, 5) is 16.3. The molecule has 0 bridgehead atoms. The fourth-order valence-corrected chi connectivity index (χ4v) is 4.94. The normalized spacial score (nSPS) is 12.8. The van der Waals surface area contributed by atoms with Crippen molar-refractivity contribution in [2.24, 2.45) is 4.99 Å². The van der Waals surface area contributed by atoms with E-state index in [4.69, 9.17) is 9.47 Å². The van der Waals surface area contributed by atoms with E-state index >= 15 is 0 Å². The van der Waals surface area contributed by atoms with Crippen LogP contribution in [0.4, 0.5) is 10.7 Å². The first kappa shape index (κ1) is 22.5. The van der Waals surface area contributed by atoms with E-state index in [-0.39, 0.29) is 12.3 Å². The van der Waals surface area contributed by atoms with E-state index in [1.807, 2.05) is 25.1 Å². The summed E-state index contributed by atoms with van der Waals surface area (Å²) < 4.78 is 11.7.